The zero-order valence-electron chi connectivity index (χ0n) is 15.0. The summed E-state index contributed by atoms with van der Waals surface area (Å²) >= 11 is 3.36. The Bertz CT molecular complexity index is 596. The second kappa shape index (κ2) is 8.67. The van der Waals surface area contributed by atoms with E-state index in [1.54, 1.807) is 20.8 Å². The third-order valence-corrected chi connectivity index (χ3v) is 4.21. The van der Waals surface area contributed by atoms with E-state index in [0.29, 0.717) is 6.42 Å². The summed E-state index contributed by atoms with van der Waals surface area (Å²) in [5.74, 6) is -1.11. The minimum atomic E-state index is -1.35. The van der Waals surface area contributed by atoms with Crippen LogP contribution in [0.3, 0.4) is 0 Å². The van der Waals surface area contributed by atoms with Crippen molar-refractivity contribution in [2.75, 3.05) is 6.61 Å². The van der Waals surface area contributed by atoms with E-state index in [2.05, 4.69) is 21.2 Å². The Labute approximate surface area is 156 Å². The molecule has 1 aromatic carbocycles. The van der Waals surface area contributed by atoms with E-state index in [0.717, 1.165) is 10.0 Å². The van der Waals surface area contributed by atoms with Gasteiger partial charge in [0, 0.05) is 10.5 Å². The first-order valence-corrected chi connectivity index (χ1v) is 8.83. The molecule has 0 aromatic heterocycles. The van der Waals surface area contributed by atoms with Crippen LogP contribution in [0.1, 0.15) is 39.7 Å². The van der Waals surface area contributed by atoms with Crippen LogP contribution < -0.4 is 5.32 Å². The SMILES string of the molecule is CC(C)(C)OC(=O)N[C@H](Cc1ccc(Br)cc1)C[C@@](C)(CO)C(=O)O. The number of aliphatic hydroxyl groups is 1. The van der Waals surface area contributed by atoms with Crippen LogP contribution in [-0.4, -0.2) is 40.5 Å². The molecule has 0 bridgehead atoms. The van der Waals surface area contributed by atoms with Gasteiger partial charge in [-0.3, -0.25) is 4.79 Å². The van der Waals surface area contributed by atoms with E-state index in [1.165, 1.54) is 6.92 Å². The van der Waals surface area contributed by atoms with Gasteiger partial charge in [0.2, 0.25) is 0 Å². The summed E-state index contributed by atoms with van der Waals surface area (Å²) in [5, 5.41) is 21.6. The molecule has 7 heteroatoms. The van der Waals surface area contributed by atoms with Gasteiger partial charge in [0.1, 0.15) is 5.60 Å². The number of aliphatic hydroxyl groups excluding tert-OH is 1. The summed E-state index contributed by atoms with van der Waals surface area (Å²) in [7, 11) is 0. The van der Waals surface area contributed by atoms with Crippen molar-refractivity contribution < 1.29 is 24.5 Å². The van der Waals surface area contributed by atoms with Crippen LogP contribution in [0.25, 0.3) is 0 Å². The smallest absolute Gasteiger partial charge is 0.407 e. The highest BCUT2D eigenvalue weighted by atomic mass is 79.9. The third kappa shape index (κ3) is 7.44. The maximum absolute atomic E-state index is 12.1. The number of ether oxygens (including phenoxy) is 1. The number of hydrogen-bond acceptors (Lipinski definition) is 4. The molecule has 0 spiro atoms. The van der Waals surface area contributed by atoms with E-state index in [9.17, 15) is 19.8 Å². The molecular formula is C18H26BrNO5. The molecule has 1 rings (SSSR count). The largest absolute Gasteiger partial charge is 0.481 e. The molecule has 1 aromatic rings. The van der Waals surface area contributed by atoms with E-state index in [4.69, 9.17) is 4.74 Å². The quantitative estimate of drug-likeness (QED) is 0.634. The van der Waals surface area contributed by atoms with Gasteiger partial charge >= 0.3 is 12.1 Å². The molecule has 1 amide bonds. The van der Waals surface area contributed by atoms with E-state index < -0.39 is 35.7 Å². The molecule has 0 aliphatic carbocycles. The fourth-order valence-corrected chi connectivity index (χ4v) is 2.58. The summed E-state index contributed by atoms with van der Waals surface area (Å²) in [6, 6.07) is 7.05. The van der Waals surface area contributed by atoms with Crippen molar-refractivity contribution in [3.63, 3.8) is 0 Å². The van der Waals surface area contributed by atoms with Gasteiger partial charge in [0.25, 0.3) is 0 Å². The molecular weight excluding hydrogens is 390 g/mol. The molecule has 6 nitrogen and oxygen atoms in total. The monoisotopic (exact) mass is 415 g/mol. The first-order valence-electron chi connectivity index (χ1n) is 8.03. The van der Waals surface area contributed by atoms with Gasteiger partial charge in [0.15, 0.2) is 0 Å². The summed E-state index contributed by atoms with van der Waals surface area (Å²) in [4.78, 5) is 23.6. The molecule has 0 aliphatic rings. The molecule has 25 heavy (non-hydrogen) atoms. The molecule has 2 atom stereocenters. The van der Waals surface area contributed by atoms with Gasteiger partial charge in [-0.2, -0.15) is 0 Å². The van der Waals surface area contributed by atoms with Crippen LogP contribution in [-0.2, 0) is 16.0 Å². The van der Waals surface area contributed by atoms with E-state index in [-0.39, 0.29) is 6.42 Å². The lowest BCUT2D eigenvalue weighted by Crippen LogP contribution is -2.45. The van der Waals surface area contributed by atoms with Crippen molar-refractivity contribution in [1.29, 1.82) is 0 Å². The molecule has 0 heterocycles. The number of hydrogen-bond donors (Lipinski definition) is 3. The molecule has 0 saturated heterocycles. The lowest BCUT2D eigenvalue weighted by atomic mass is 9.82. The molecule has 0 aliphatic heterocycles. The molecule has 0 radical (unpaired) electrons. The Morgan fingerprint density at radius 2 is 1.76 bits per heavy atom. The van der Waals surface area contributed by atoms with E-state index in [1.807, 2.05) is 24.3 Å². The molecule has 0 unspecified atom stereocenters. The lowest BCUT2D eigenvalue weighted by Gasteiger charge is -2.29. The number of carboxylic acid groups (broad SMARTS) is 1. The van der Waals surface area contributed by atoms with Gasteiger partial charge in [0.05, 0.1) is 12.0 Å². The van der Waals surface area contributed by atoms with Crippen LogP contribution in [0.2, 0.25) is 0 Å². The molecule has 3 N–H and O–H groups in total. The molecule has 0 fully saturated rings. The number of carbonyl (C=O) groups is 2. The number of amides is 1. The lowest BCUT2D eigenvalue weighted by molar-refractivity contribution is -0.151. The first-order chi connectivity index (χ1) is 11.4. The number of carboxylic acids is 1. The van der Waals surface area contributed by atoms with Crippen molar-refractivity contribution in [3.8, 4) is 0 Å². The normalized spacial score (nSPS) is 15.1. The summed E-state index contributed by atoms with van der Waals surface area (Å²) < 4.78 is 6.20. The number of benzene rings is 1. The number of alkyl carbamates (subject to hydrolysis) is 1. The topological polar surface area (TPSA) is 95.9 Å². The van der Waals surface area contributed by atoms with Crippen molar-refractivity contribution >= 4 is 28.0 Å². The number of aliphatic carboxylic acids is 1. The maximum Gasteiger partial charge on any atom is 0.407 e. The zero-order valence-corrected chi connectivity index (χ0v) is 16.6. The molecule has 140 valence electrons. The Hall–Kier alpha value is -1.60. The van der Waals surface area contributed by atoms with Crippen molar-refractivity contribution in [1.82, 2.24) is 5.32 Å². The van der Waals surface area contributed by atoms with Crippen LogP contribution in [0.15, 0.2) is 28.7 Å². The van der Waals surface area contributed by atoms with Gasteiger partial charge < -0.3 is 20.3 Å². The average molecular weight is 416 g/mol. The Morgan fingerprint density at radius 3 is 2.20 bits per heavy atom. The highest BCUT2D eigenvalue weighted by Gasteiger charge is 2.36. The fourth-order valence-electron chi connectivity index (χ4n) is 2.32. The van der Waals surface area contributed by atoms with Crippen LogP contribution >= 0.6 is 15.9 Å². The first kappa shape index (κ1) is 21.4. The number of nitrogens with one attached hydrogen (secondary N) is 1. The predicted octanol–water partition coefficient (Wildman–Crippen LogP) is 3.36. The van der Waals surface area contributed by atoms with Crippen molar-refractivity contribution in [2.45, 2.75) is 52.2 Å². The minimum absolute atomic E-state index is 0.0775. The predicted molar refractivity (Wildman–Crippen MR) is 98.4 cm³/mol. The van der Waals surface area contributed by atoms with Gasteiger partial charge in [-0.25, -0.2) is 4.79 Å². The van der Waals surface area contributed by atoms with Crippen molar-refractivity contribution in [3.05, 3.63) is 34.3 Å². The average Bonchev–Trinajstić information content (AvgIpc) is 2.47. The van der Waals surface area contributed by atoms with Gasteiger partial charge in [-0.05, 0) is 58.2 Å². The standard InChI is InChI=1S/C18H26BrNO5/c1-17(2,3)25-16(24)20-14(10-18(4,11-21)15(22)23)9-12-5-7-13(19)8-6-12/h5-8,14,21H,9-11H2,1-4H3,(H,20,24)(H,22,23)/t14-,18+/m1/s1. The summed E-state index contributed by atoms with van der Waals surface area (Å²) in [5.41, 5.74) is -1.07. The Morgan fingerprint density at radius 1 is 1.20 bits per heavy atom. The third-order valence-electron chi connectivity index (χ3n) is 3.68. The summed E-state index contributed by atoms with van der Waals surface area (Å²) in [6.07, 6.45) is -0.107. The second-order valence-corrected chi connectivity index (χ2v) is 8.32. The Balaban J connectivity index is 2.94. The maximum atomic E-state index is 12.1. The Kier molecular flexibility index (Phi) is 7.44. The van der Waals surface area contributed by atoms with Crippen LogP contribution in [0.5, 0.6) is 0 Å². The van der Waals surface area contributed by atoms with Crippen LogP contribution in [0, 0.1) is 5.41 Å². The van der Waals surface area contributed by atoms with Crippen molar-refractivity contribution in [2.24, 2.45) is 5.41 Å². The van der Waals surface area contributed by atoms with Gasteiger partial charge in [-0.1, -0.05) is 28.1 Å². The highest BCUT2D eigenvalue weighted by Crippen LogP contribution is 2.25. The van der Waals surface area contributed by atoms with Gasteiger partial charge in [-0.15, -0.1) is 0 Å². The minimum Gasteiger partial charge on any atom is -0.481 e. The zero-order chi connectivity index (χ0) is 19.3. The molecule has 0 saturated carbocycles. The van der Waals surface area contributed by atoms with Crippen LogP contribution in [0.4, 0.5) is 4.79 Å². The van der Waals surface area contributed by atoms with E-state index >= 15 is 0 Å². The number of rotatable bonds is 7. The summed E-state index contributed by atoms with van der Waals surface area (Å²) in [6.45, 7) is 6.21. The number of halogens is 1. The highest BCUT2D eigenvalue weighted by molar-refractivity contribution is 9.10. The number of carbonyl (C=O) groups excluding carboxylic acids is 1. The second-order valence-electron chi connectivity index (χ2n) is 7.40. The fraction of sp³-hybridized carbons (Fsp3) is 0.556.